The molecule has 1 nitrogen and oxygen atoms in total. The summed E-state index contributed by atoms with van der Waals surface area (Å²) in [7, 11) is 2.17. The number of fused-ring (bicyclic) bond motifs is 3. The summed E-state index contributed by atoms with van der Waals surface area (Å²) in [6.07, 6.45) is 0. The predicted molar refractivity (Wildman–Crippen MR) is 159 cm³/mol. The summed E-state index contributed by atoms with van der Waals surface area (Å²) >= 11 is 0. The van der Waals surface area contributed by atoms with Crippen LogP contribution < -0.4 is 4.90 Å². The van der Waals surface area contributed by atoms with Crippen LogP contribution in [0.4, 0.5) is 11.4 Å². The van der Waals surface area contributed by atoms with Crippen molar-refractivity contribution in [3.8, 4) is 33.4 Å². The first-order valence-electron chi connectivity index (χ1n) is 13.1. The Labute approximate surface area is 221 Å². The molecular formula is C36H33N. The van der Waals surface area contributed by atoms with E-state index in [1.54, 1.807) is 0 Å². The monoisotopic (exact) mass is 479 g/mol. The Morgan fingerprint density at radius 1 is 0.514 bits per heavy atom. The molecule has 1 aliphatic carbocycles. The SMILES string of the molecule is Cc1cc2c(cc1-c1cccc(N(C)c3cc(-c4ccccc4)ccc3C)c1)-c1ccccc1C2(C)C. The van der Waals surface area contributed by atoms with Gasteiger partial charge in [0.15, 0.2) is 0 Å². The molecule has 0 bridgehead atoms. The summed E-state index contributed by atoms with van der Waals surface area (Å²) in [5, 5.41) is 0. The first kappa shape index (κ1) is 23.3. The standard InChI is InChI=1S/C36H33N/c1-24-18-19-27(26-12-7-6-8-13-26)22-35(24)37(5)29-15-11-14-28(21-29)31-23-32-30-16-9-10-17-33(30)36(3,4)34(32)20-25(31)2/h6-23H,1-5H3. The van der Waals surface area contributed by atoms with Gasteiger partial charge in [-0.15, -0.1) is 0 Å². The topological polar surface area (TPSA) is 3.24 Å². The van der Waals surface area contributed by atoms with E-state index in [9.17, 15) is 0 Å². The molecule has 0 saturated heterocycles. The van der Waals surface area contributed by atoms with E-state index in [4.69, 9.17) is 0 Å². The number of nitrogens with zero attached hydrogens (tertiary/aromatic N) is 1. The third kappa shape index (κ3) is 3.86. The highest BCUT2D eigenvalue weighted by Crippen LogP contribution is 2.50. The van der Waals surface area contributed by atoms with Gasteiger partial charge in [0.2, 0.25) is 0 Å². The van der Waals surface area contributed by atoms with E-state index >= 15 is 0 Å². The van der Waals surface area contributed by atoms with E-state index in [1.807, 2.05) is 0 Å². The molecule has 0 heterocycles. The minimum atomic E-state index is 0.0264. The quantitative estimate of drug-likeness (QED) is 0.248. The lowest BCUT2D eigenvalue weighted by molar-refractivity contribution is 0.660. The Bertz CT molecular complexity index is 1620. The maximum atomic E-state index is 2.42. The van der Waals surface area contributed by atoms with Crippen LogP contribution in [0.1, 0.15) is 36.1 Å². The Morgan fingerprint density at radius 2 is 1.24 bits per heavy atom. The summed E-state index contributed by atoms with van der Waals surface area (Å²) < 4.78 is 0. The molecule has 182 valence electrons. The van der Waals surface area contributed by atoms with Crippen molar-refractivity contribution >= 4 is 11.4 Å². The van der Waals surface area contributed by atoms with Crippen molar-refractivity contribution in [3.05, 3.63) is 131 Å². The van der Waals surface area contributed by atoms with Gasteiger partial charge in [-0.3, -0.25) is 0 Å². The molecular weight excluding hydrogens is 446 g/mol. The predicted octanol–water partition coefficient (Wildman–Crippen LogP) is 9.71. The molecule has 0 fully saturated rings. The first-order chi connectivity index (χ1) is 17.8. The molecule has 0 atom stereocenters. The summed E-state index contributed by atoms with van der Waals surface area (Å²) in [6, 6.07) is 40.0. The van der Waals surface area contributed by atoms with Crippen molar-refractivity contribution in [2.45, 2.75) is 33.1 Å². The van der Waals surface area contributed by atoms with E-state index < -0.39 is 0 Å². The fraction of sp³-hybridized carbons (Fsp3) is 0.167. The van der Waals surface area contributed by atoms with Crippen molar-refractivity contribution in [2.75, 3.05) is 11.9 Å². The maximum absolute atomic E-state index is 2.42. The second kappa shape index (κ2) is 8.78. The van der Waals surface area contributed by atoms with Gasteiger partial charge in [-0.2, -0.15) is 0 Å². The van der Waals surface area contributed by atoms with E-state index in [1.165, 1.54) is 67.0 Å². The molecule has 1 heteroatoms. The van der Waals surface area contributed by atoms with Gasteiger partial charge in [0, 0.05) is 23.8 Å². The normalized spacial score (nSPS) is 13.2. The van der Waals surface area contributed by atoms with Crippen LogP contribution in [-0.4, -0.2) is 7.05 Å². The molecule has 0 saturated carbocycles. The molecule has 6 rings (SSSR count). The molecule has 0 N–H and O–H groups in total. The molecule has 0 radical (unpaired) electrons. The summed E-state index contributed by atoms with van der Waals surface area (Å²) in [5.41, 5.74) is 15.6. The first-order valence-corrected chi connectivity index (χ1v) is 13.1. The minimum Gasteiger partial charge on any atom is -0.344 e. The molecule has 0 spiro atoms. The summed E-state index contributed by atoms with van der Waals surface area (Å²) in [4.78, 5) is 2.31. The largest absolute Gasteiger partial charge is 0.344 e. The molecule has 0 amide bonds. The molecule has 0 unspecified atom stereocenters. The van der Waals surface area contributed by atoms with Crippen molar-refractivity contribution in [2.24, 2.45) is 0 Å². The van der Waals surface area contributed by atoms with Crippen molar-refractivity contribution in [1.29, 1.82) is 0 Å². The van der Waals surface area contributed by atoms with E-state index in [2.05, 4.69) is 149 Å². The maximum Gasteiger partial charge on any atom is 0.0444 e. The van der Waals surface area contributed by atoms with Crippen LogP contribution in [0.5, 0.6) is 0 Å². The number of benzene rings is 5. The van der Waals surface area contributed by atoms with Gasteiger partial charge in [0.25, 0.3) is 0 Å². The number of anilines is 2. The van der Waals surface area contributed by atoms with Crippen molar-refractivity contribution < 1.29 is 0 Å². The summed E-state index contributed by atoms with van der Waals surface area (Å²) in [6.45, 7) is 9.13. The number of rotatable bonds is 4. The average molecular weight is 480 g/mol. The fourth-order valence-corrected chi connectivity index (χ4v) is 5.97. The fourth-order valence-electron chi connectivity index (χ4n) is 5.97. The zero-order valence-corrected chi connectivity index (χ0v) is 22.3. The van der Waals surface area contributed by atoms with E-state index in [0.29, 0.717) is 0 Å². The Morgan fingerprint density at radius 3 is 2.05 bits per heavy atom. The Balaban J connectivity index is 1.41. The average Bonchev–Trinajstić information content (AvgIpc) is 3.14. The molecule has 0 aromatic heterocycles. The van der Waals surface area contributed by atoms with Crippen LogP contribution in [0.3, 0.4) is 0 Å². The van der Waals surface area contributed by atoms with E-state index in [0.717, 1.165) is 0 Å². The Kier molecular flexibility index (Phi) is 5.53. The number of hydrogen-bond donors (Lipinski definition) is 0. The number of hydrogen-bond acceptors (Lipinski definition) is 1. The lowest BCUT2D eigenvalue weighted by Gasteiger charge is -2.24. The molecule has 5 aromatic rings. The third-order valence-corrected chi connectivity index (χ3v) is 8.15. The summed E-state index contributed by atoms with van der Waals surface area (Å²) in [5.74, 6) is 0. The highest BCUT2D eigenvalue weighted by Gasteiger charge is 2.35. The lowest BCUT2D eigenvalue weighted by Crippen LogP contribution is -2.15. The second-order valence-corrected chi connectivity index (χ2v) is 10.9. The van der Waals surface area contributed by atoms with Crippen LogP contribution >= 0.6 is 0 Å². The van der Waals surface area contributed by atoms with Crippen molar-refractivity contribution in [1.82, 2.24) is 0 Å². The molecule has 0 aliphatic heterocycles. The van der Waals surface area contributed by atoms with Crippen LogP contribution in [-0.2, 0) is 5.41 Å². The van der Waals surface area contributed by atoms with Crippen LogP contribution in [0.25, 0.3) is 33.4 Å². The Hall–Kier alpha value is -4.10. The van der Waals surface area contributed by atoms with Crippen molar-refractivity contribution in [3.63, 3.8) is 0 Å². The van der Waals surface area contributed by atoms with Gasteiger partial charge < -0.3 is 4.90 Å². The smallest absolute Gasteiger partial charge is 0.0444 e. The zero-order chi connectivity index (χ0) is 25.7. The van der Waals surface area contributed by atoms with Crippen LogP contribution in [0, 0.1) is 13.8 Å². The minimum absolute atomic E-state index is 0.0264. The zero-order valence-electron chi connectivity index (χ0n) is 22.3. The second-order valence-electron chi connectivity index (χ2n) is 10.9. The van der Waals surface area contributed by atoms with Gasteiger partial charge in [-0.05, 0) is 93.7 Å². The van der Waals surface area contributed by atoms with Gasteiger partial charge in [0.05, 0.1) is 0 Å². The molecule has 5 aromatic carbocycles. The van der Waals surface area contributed by atoms with Gasteiger partial charge in [0.1, 0.15) is 0 Å². The van der Waals surface area contributed by atoms with Gasteiger partial charge in [-0.25, -0.2) is 0 Å². The van der Waals surface area contributed by atoms with Gasteiger partial charge >= 0.3 is 0 Å². The van der Waals surface area contributed by atoms with Crippen LogP contribution in [0.2, 0.25) is 0 Å². The van der Waals surface area contributed by atoms with E-state index in [-0.39, 0.29) is 5.41 Å². The third-order valence-electron chi connectivity index (χ3n) is 8.15. The van der Waals surface area contributed by atoms with Crippen LogP contribution in [0.15, 0.2) is 109 Å². The molecule has 1 aliphatic rings. The lowest BCUT2D eigenvalue weighted by atomic mass is 9.81. The highest BCUT2D eigenvalue weighted by atomic mass is 15.1. The molecule has 37 heavy (non-hydrogen) atoms. The van der Waals surface area contributed by atoms with Gasteiger partial charge in [-0.1, -0.05) is 98.8 Å². The number of aryl methyl sites for hydroxylation is 2. The highest BCUT2D eigenvalue weighted by molar-refractivity contribution is 5.86.